The average Bonchev–Trinajstić information content (AvgIpc) is 3.29. The predicted octanol–water partition coefficient (Wildman–Crippen LogP) is 4.21. The van der Waals surface area contributed by atoms with Gasteiger partial charge in [-0.2, -0.15) is 9.41 Å². The number of benzene rings is 3. The highest BCUT2D eigenvalue weighted by Crippen LogP contribution is 2.36. The lowest BCUT2D eigenvalue weighted by atomic mass is 10.1. The maximum absolute atomic E-state index is 13.3. The van der Waals surface area contributed by atoms with Crippen molar-refractivity contribution in [1.82, 2.24) is 9.73 Å². The molecule has 0 aromatic heterocycles. The van der Waals surface area contributed by atoms with Crippen molar-refractivity contribution >= 4 is 49.7 Å². The van der Waals surface area contributed by atoms with Crippen molar-refractivity contribution in [3.8, 4) is 11.5 Å². The minimum atomic E-state index is -3.95. The van der Waals surface area contributed by atoms with Crippen molar-refractivity contribution in [3.63, 3.8) is 0 Å². The van der Waals surface area contributed by atoms with Gasteiger partial charge in [0.2, 0.25) is 16.8 Å². The van der Waals surface area contributed by atoms with E-state index in [0.717, 1.165) is 9.87 Å². The number of carbonyl (C=O) groups excluding carboxylic acids is 1. The van der Waals surface area contributed by atoms with E-state index in [0.29, 0.717) is 33.0 Å². The lowest BCUT2D eigenvalue weighted by Gasteiger charge is -2.21. The Kier molecular flexibility index (Phi) is 8.07. The van der Waals surface area contributed by atoms with Crippen molar-refractivity contribution in [2.24, 2.45) is 5.10 Å². The Morgan fingerprint density at radius 2 is 1.77 bits per heavy atom. The van der Waals surface area contributed by atoms with E-state index in [-0.39, 0.29) is 18.2 Å². The molecule has 0 aliphatic carbocycles. The van der Waals surface area contributed by atoms with E-state index in [2.05, 4.69) is 26.5 Å². The maximum atomic E-state index is 13.3. The van der Waals surface area contributed by atoms with E-state index in [1.54, 1.807) is 12.1 Å². The number of rotatable bonds is 9. The Morgan fingerprint density at radius 3 is 2.49 bits per heavy atom. The minimum Gasteiger partial charge on any atom is -0.454 e. The van der Waals surface area contributed by atoms with Crippen LogP contribution in [0.5, 0.6) is 11.5 Å². The van der Waals surface area contributed by atoms with Gasteiger partial charge in [0.25, 0.3) is 5.91 Å². The molecular weight excluding hydrogens is 558 g/mol. The fourth-order valence-electron chi connectivity index (χ4n) is 3.34. The largest absolute Gasteiger partial charge is 0.454 e. The highest BCUT2D eigenvalue weighted by Gasteiger charge is 2.26. The zero-order chi connectivity index (χ0) is 24.8. The SMILES string of the molecule is O=C(CN(CCc1ccccc1)S(=O)(=O)c1ccc(Cl)cc1)N/N=C\c1cc2c(cc1Br)OCO2. The topological polar surface area (TPSA) is 97.3 Å². The molecule has 3 aromatic carbocycles. The second kappa shape index (κ2) is 11.2. The zero-order valence-corrected chi connectivity index (χ0v) is 21.5. The summed E-state index contributed by atoms with van der Waals surface area (Å²) >= 11 is 9.33. The summed E-state index contributed by atoms with van der Waals surface area (Å²) in [5, 5.41) is 4.39. The van der Waals surface area contributed by atoms with Gasteiger partial charge >= 0.3 is 0 Å². The Bertz CT molecular complexity index is 1340. The molecule has 1 aliphatic rings. The molecule has 0 unspecified atom stereocenters. The van der Waals surface area contributed by atoms with Crippen LogP contribution in [-0.4, -0.2) is 44.7 Å². The molecule has 1 amide bonds. The van der Waals surface area contributed by atoms with Crippen LogP contribution in [0.3, 0.4) is 0 Å². The second-order valence-electron chi connectivity index (χ2n) is 7.55. The third-order valence-electron chi connectivity index (χ3n) is 5.15. The fraction of sp³-hybridized carbons (Fsp3) is 0.167. The summed E-state index contributed by atoms with van der Waals surface area (Å²) in [6, 6.07) is 18.7. The number of halogens is 2. The zero-order valence-electron chi connectivity index (χ0n) is 18.4. The monoisotopic (exact) mass is 577 g/mol. The highest BCUT2D eigenvalue weighted by atomic mass is 79.9. The van der Waals surface area contributed by atoms with Gasteiger partial charge in [-0.25, -0.2) is 13.8 Å². The minimum absolute atomic E-state index is 0.0514. The Labute approximate surface area is 216 Å². The van der Waals surface area contributed by atoms with Crippen LogP contribution in [-0.2, 0) is 21.2 Å². The third kappa shape index (κ3) is 6.40. The van der Waals surface area contributed by atoms with Crippen molar-refractivity contribution in [2.75, 3.05) is 19.9 Å². The number of carbonyl (C=O) groups is 1. The number of nitrogens with zero attached hydrogens (tertiary/aromatic N) is 2. The number of fused-ring (bicyclic) bond motifs is 1. The van der Waals surface area contributed by atoms with Crippen LogP contribution in [0.1, 0.15) is 11.1 Å². The number of hydrogen-bond donors (Lipinski definition) is 1. The summed E-state index contributed by atoms with van der Waals surface area (Å²) in [5.41, 5.74) is 4.01. The molecule has 0 bridgehead atoms. The molecule has 0 atom stereocenters. The Hall–Kier alpha value is -2.92. The fourth-order valence-corrected chi connectivity index (χ4v) is 5.29. The van der Waals surface area contributed by atoms with E-state index in [4.69, 9.17) is 21.1 Å². The lowest BCUT2D eigenvalue weighted by Crippen LogP contribution is -2.40. The van der Waals surface area contributed by atoms with Crippen LogP contribution in [0.15, 0.2) is 81.2 Å². The summed E-state index contributed by atoms with van der Waals surface area (Å²) < 4.78 is 39.1. The first kappa shape index (κ1) is 25.2. The molecule has 35 heavy (non-hydrogen) atoms. The summed E-state index contributed by atoms with van der Waals surface area (Å²) in [7, 11) is -3.95. The molecule has 1 heterocycles. The first-order chi connectivity index (χ1) is 16.8. The van der Waals surface area contributed by atoms with E-state index in [1.807, 2.05) is 30.3 Å². The molecule has 11 heteroatoms. The summed E-state index contributed by atoms with van der Waals surface area (Å²) in [6.45, 7) is -0.155. The molecule has 0 radical (unpaired) electrons. The van der Waals surface area contributed by atoms with E-state index < -0.39 is 22.5 Å². The van der Waals surface area contributed by atoms with Gasteiger partial charge in [-0.3, -0.25) is 4.79 Å². The molecule has 0 saturated heterocycles. The molecule has 1 aliphatic heterocycles. The van der Waals surface area contributed by atoms with Gasteiger partial charge in [0.15, 0.2) is 11.5 Å². The highest BCUT2D eigenvalue weighted by molar-refractivity contribution is 9.10. The first-order valence-corrected chi connectivity index (χ1v) is 13.1. The summed E-state index contributed by atoms with van der Waals surface area (Å²) in [4.78, 5) is 12.7. The van der Waals surface area contributed by atoms with Crippen molar-refractivity contribution in [1.29, 1.82) is 0 Å². The molecule has 4 rings (SSSR count). The van der Waals surface area contributed by atoms with Gasteiger partial charge in [0.1, 0.15) is 0 Å². The van der Waals surface area contributed by atoms with Crippen LogP contribution >= 0.6 is 27.5 Å². The summed E-state index contributed by atoms with van der Waals surface area (Å²) in [5.74, 6) is 0.602. The Balaban J connectivity index is 1.47. The van der Waals surface area contributed by atoms with Crippen LogP contribution in [0, 0.1) is 0 Å². The van der Waals surface area contributed by atoms with Crippen LogP contribution in [0.2, 0.25) is 5.02 Å². The number of hydrogen-bond acceptors (Lipinski definition) is 6. The van der Waals surface area contributed by atoms with E-state index in [1.165, 1.54) is 30.5 Å². The van der Waals surface area contributed by atoms with Gasteiger partial charge in [-0.15, -0.1) is 0 Å². The third-order valence-corrected chi connectivity index (χ3v) is 7.95. The van der Waals surface area contributed by atoms with Crippen molar-refractivity contribution in [3.05, 3.63) is 87.4 Å². The molecule has 182 valence electrons. The number of amides is 1. The van der Waals surface area contributed by atoms with Crippen molar-refractivity contribution in [2.45, 2.75) is 11.3 Å². The lowest BCUT2D eigenvalue weighted by molar-refractivity contribution is -0.121. The molecule has 0 spiro atoms. The van der Waals surface area contributed by atoms with Crippen LogP contribution in [0.25, 0.3) is 0 Å². The van der Waals surface area contributed by atoms with Gasteiger partial charge in [0, 0.05) is 21.6 Å². The number of nitrogens with one attached hydrogen (secondary N) is 1. The van der Waals surface area contributed by atoms with Crippen LogP contribution in [0.4, 0.5) is 0 Å². The average molecular weight is 579 g/mol. The van der Waals surface area contributed by atoms with Gasteiger partial charge < -0.3 is 9.47 Å². The van der Waals surface area contributed by atoms with E-state index >= 15 is 0 Å². The molecule has 1 N–H and O–H groups in total. The molecular formula is C24H21BrClN3O5S. The smallest absolute Gasteiger partial charge is 0.255 e. The quantitative estimate of drug-likeness (QED) is 0.303. The number of hydrazone groups is 1. The van der Waals surface area contributed by atoms with Gasteiger partial charge in [0.05, 0.1) is 17.7 Å². The van der Waals surface area contributed by atoms with E-state index in [9.17, 15) is 13.2 Å². The normalized spacial score (nSPS) is 12.9. The molecule has 0 saturated carbocycles. The molecule has 3 aromatic rings. The Morgan fingerprint density at radius 1 is 1.09 bits per heavy atom. The maximum Gasteiger partial charge on any atom is 0.255 e. The number of ether oxygens (including phenoxy) is 2. The summed E-state index contributed by atoms with van der Waals surface area (Å²) in [6.07, 6.45) is 1.88. The predicted molar refractivity (Wildman–Crippen MR) is 136 cm³/mol. The van der Waals surface area contributed by atoms with Gasteiger partial charge in [-0.1, -0.05) is 41.9 Å². The standard InChI is InChI=1S/C24H21BrClN3O5S/c25-21-13-23-22(33-16-34-23)12-18(21)14-27-28-24(30)15-29(11-10-17-4-2-1-3-5-17)35(31,32)20-8-6-19(26)7-9-20/h1-9,12-14H,10-11,15-16H2,(H,28,30)/b27-14-. The first-order valence-electron chi connectivity index (χ1n) is 10.5. The number of sulfonamides is 1. The van der Waals surface area contributed by atoms with Crippen molar-refractivity contribution < 1.29 is 22.7 Å². The molecule has 0 fully saturated rings. The van der Waals surface area contributed by atoms with Crippen LogP contribution < -0.4 is 14.9 Å². The molecule has 8 nitrogen and oxygen atoms in total. The second-order valence-corrected chi connectivity index (χ2v) is 10.8. The van der Waals surface area contributed by atoms with Gasteiger partial charge in [-0.05, 0) is 64.3 Å².